The minimum Gasteiger partial charge on any atom is -0.349 e. The van der Waals surface area contributed by atoms with E-state index in [9.17, 15) is 18.0 Å². The molecule has 0 fully saturated rings. The first-order chi connectivity index (χ1) is 7.88. The van der Waals surface area contributed by atoms with Crippen LogP contribution in [0, 0.1) is 0 Å². The summed E-state index contributed by atoms with van der Waals surface area (Å²) < 4.78 is 35.7. The van der Waals surface area contributed by atoms with Gasteiger partial charge >= 0.3 is 5.51 Å². The second-order valence-electron chi connectivity index (χ2n) is 3.37. The number of carbonyl (C=O) groups excluding carboxylic acids is 1. The normalized spacial score (nSPS) is 13.2. The van der Waals surface area contributed by atoms with Gasteiger partial charge in [-0.05, 0) is 30.8 Å². The molecule has 94 valence electrons. The zero-order valence-corrected chi connectivity index (χ0v) is 9.81. The molecule has 0 saturated heterocycles. The van der Waals surface area contributed by atoms with Crippen molar-refractivity contribution in [2.75, 3.05) is 5.75 Å². The second kappa shape index (κ2) is 5.90. The van der Waals surface area contributed by atoms with Gasteiger partial charge in [-0.1, -0.05) is 0 Å². The van der Waals surface area contributed by atoms with E-state index < -0.39 is 17.5 Å². The van der Waals surface area contributed by atoms with Crippen molar-refractivity contribution in [1.82, 2.24) is 10.3 Å². The Bertz CT molecular complexity index is 370. The molecule has 0 spiro atoms. The van der Waals surface area contributed by atoms with E-state index in [4.69, 9.17) is 0 Å². The van der Waals surface area contributed by atoms with Crippen LogP contribution < -0.4 is 5.32 Å². The molecule has 1 aromatic rings. The number of alkyl halides is 3. The first-order valence-corrected chi connectivity index (χ1v) is 5.78. The van der Waals surface area contributed by atoms with Crippen LogP contribution >= 0.6 is 11.8 Å². The van der Waals surface area contributed by atoms with E-state index in [1.165, 1.54) is 19.3 Å². The Kier molecular flexibility index (Phi) is 4.80. The molecule has 1 aromatic heterocycles. The van der Waals surface area contributed by atoms with E-state index in [-0.39, 0.29) is 17.5 Å². The van der Waals surface area contributed by atoms with E-state index in [1.807, 2.05) is 0 Å². The van der Waals surface area contributed by atoms with Crippen molar-refractivity contribution < 1.29 is 18.0 Å². The molecule has 0 aliphatic carbocycles. The third-order valence-corrected chi connectivity index (χ3v) is 2.79. The number of pyridine rings is 1. The molecule has 0 aliphatic rings. The van der Waals surface area contributed by atoms with Crippen LogP contribution in [-0.4, -0.2) is 28.2 Å². The van der Waals surface area contributed by atoms with Gasteiger partial charge < -0.3 is 5.32 Å². The molecule has 0 bridgehead atoms. The van der Waals surface area contributed by atoms with Gasteiger partial charge in [0.25, 0.3) is 5.91 Å². The van der Waals surface area contributed by atoms with Crippen LogP contribution in [0.15, 0.2) is 24.5 Å². The van der Waals surface area contributed by atoms with Gasteiger partial charge in [0.2, 0.25) is 0 Å². The second-order valence-corrected chi connectivity index (χ2v) is 4.46. The maximum Gasteiger partial charge on any atom is 0.441 e. The van der Waals surface area contributed by atoms with Crippen LogP contribution in [0.4, 0.5) is 13.2 Å². The number of carbonyl (C=O) groups is 1. The number of halogens is 3. The first kappa shape index (κ1) is 13.8. The highest BCUT2D eigenvalue weighted by Crippen LogP contribution is 2.30. The molecule has 3 nitrogen and oxygen atoms in total. The average molecular weight is 264 g/mol. The summed E-state index contributed by atoms with van der Waals surface area (Å²) in [4.78, 5) is 15.3. The number of thioether (sulfide) groups is 1. The molecule has 0 saturated carbocycles. The fraction of sp³-hybridized carbons (Fsp3) is 0.400. The molecule has 0 aromatic carbocycles. The largest absolute Gasteiger partial charge is 0.441 e. The van der Waals surface area contributed by atoms with Crippen LogP contribution in [-0.2, 0) is 0 Å². The van der Waals surface area contributed by atoms with E-state index in [0.29, 0.717) is 5.56 Å². The predicted molar refractivity (Wildman–Crippen MR) is 59.7 cm³/mol. The van der Waals surface area contributed by atoms with E-state index in [1.54, 1.807) is 12.1 Å². The van der Waals surface area contributed by atoms with Gasteiger partial charge in [0.05, 0.1) is 5.56 Å². The van der Waals surface area contributed by atoms with Gasteiger partial charge in [0.15, 0.2) is 0 Å². The molecule has 0 radical (unpaired) electrons. The van der Waals surface area contributed by atoms with E-state index in [2.05, 4.69) is 10.3 Å². The summed E-state index contributed by atoms with van der Waals surface area (Å²) >= 11 is -0.151. The molecular weight excluding hydrogens is 253 g/mol. The lowest BCUT2D eigenvalue weighted by Gasteiger charge is -2.14. The minimum absolute atomic E-state index is 0.151. The van der Waals surface area contributed by atoms with Crippen molar-refractivity contribution in [1.29, 1.82) is 0 Å². The molecule has 1 amide bonds. The summed E-state index contributed by atoms with van der Waals surface area (Å²) in [5, 5.41) is 2.47. The smallest absolute Gasteiger partial charge is 0.349 e. The topological polar surface area (TPSA) is 42.0 Å². The zero-order chi connectivity index (χ0) is 12.9. The lowest BCUT2D eigenvalue weighted by Crippen LogP contribution is -2.34. The van der Waals surface area contributed by atoms with E-state index in [0.717, 1.165) is 0 Å². The summed E-state index contributed by atoms with van der Waals surface area (Å²) in [6.45, 7) is 1.52. The summed E-state index contributed by atoms with van der Waals surface area (Å²) in [6, 6.07) is 2.57. The fourth-order valence-corrected chi connectivity index (χ4v) is 1.59. The third-order valence-electron chi connectivity index (χ3n) is 1.80. The van der Waals surface area contributed by atoms with Crippen LogP contribution in [0.2, 0.25) is 0 Å². The predicted octanol–water partition coefficient (Wildman–Crippen LogP) is 2.45. The van der Waals surface area contributed by atoms with Crippen molar-refractivity contribution in [3.8, 4) is 0 Å². The number of hydrogen-bond donors (Lipinski definition) is 1. The quantitative estimate of drug-likeness (QED) is 0.908. The van der Waals surface area contributed by atoms with Gasteiger partial charge in [-0.25, -0.2) is 0 Å². The van der Waals surface area contributed by atoms with Crippen LogP contribution in [0.3, 0.4) is 0 Å². The molecule has 7 heteroatoms. The molecule has 0 aliphatic heterocycles. The standard InChI is InChI=1S/C10H11F3N2OS/c1-7(6-17-10(11,12)13)15-9(16)8-3-2-4-14-5-8/h2-5,7H,6H2,1H3,(H,15,16). The maximum absolute atomic E-state index is 11.9. The summed E-state index contributed by atoms with van der Waals surface area (Å²) in [7, 11) is 0. The third kappa shape index (κ3) is 5.58. The van der Waals surface area contributed by atoms with Gasteiger partial charge in [-0.3, -0.25) is 9.78 Å². The van der Waals surface area contributed by atoms with Crippen LogP contribution in [0.25, 0.3) is 0 Å². The molecule has 1 atom stereocenters. The molecule has 1 rings (SSSR count). The summed E-state index contributed by atoms with van der Waals surface area (Å²) in [5.41, 5.74) is -3.94. The zero-order valence-electron chi connectivity index (χ0n) is 8.99. The van der Waals surface area contributed by atoms with Crippen LogP contribution in [0.5, 0.6) is 0 Å². The lowest BCUT2D eigenvalue weighted by molar-refractivity contribution is -0.0329. The Morgan fingerprint density at radius 2 is 2.29 bits per heavy atom. The van der Waals surface area contributed by atoms with Crippen molar-refractivity contribution in [2.45, 2.75) is 18.5 Å². The summed E-state index contributed by atoms with van der Waals surface area (Å²) in [6.07, 6.45) is 2.87. The highest BCUT2D eigenvalue weighted by molar-refractivity contribution is 8.00. The number of nitrogens with one attached hydrogen (secondary N) is 1. The molecule has 1 unspecified atom stereocenters. The Morgan fingerprint density at radius 3 is 2.82 bits per heavy atom. The number of hydrogen-bond acceptors (Lipinski definition) is 3. The number of rotatable bonds is 4. The van der Waals surface area contributed by atoms with Crippen molar-refractivity contribution in [2.24, 2.45) is 0 Å². The number of aromatic nitrogens is 1. The lowest BCUT2D eigenvalue weighted by atomic mass is 10.2. The Balaban J connectivity index is 2.42. The molecule has 1 N–H and O–H groups in total. The number of nitrogens with zero attached hydrogens (tertiary/aromatic N) is 1. The summed E-state index contributed by atoms with van der Waals surface area (Å²) in [5.74, 6) is -0.636. The molecule has 17 heavy (non-hydrogen) atoms. The number of amides is 1. The average Bonchev–Trinajstić information content (AvgIpc) is 2.27. The minimum atomic E-state index is -4.27. The van der Waals surface area contributed by atoms with Crippen LogP contribution in [0.1, 0.15) is 17.3 Å². The maximum atomic E-state index is 11.9. The first-order valence-electron chi connectivity index (χ1n) is 4.80. The van der Waals surface area contributed by atoms with Gasteiger partial charge in [-0.15, -0.1) is 0 Å². The molecular formula is C10H11F3N2OS. The fourth-order valence-electron chi connectivity index (χ4n) is 1.07. The Hall–Kier alpha value is -1.24. The van der Waals surface area contributed by atoms with Gasteiger partial charge in [0.1, 0.15) is 0 Å². The van der Waals surface area contributed by atoms with Gasteiger partial charge in [-0.2, -0.15) is 13.2 Å². The Labute approximate surface area is 101 Å². The van der Waals surface area contributed by atoms with Crippen molar-refractivity contribution in [3.05, 3.63) is 30.1 Å². The SMILES string of the molecule is CC(CSC(F)(F)F)NC(=O)c1cccnc1. The highest BCUT2D eigenvalue weighted by atomic mass is 32.2. The Morgan fingerprint density at radius 1 is 1.59 bits per heavy atom. The molecule has 1 heterocycles. The van der Waals surface area contributed by atoms with Crippen molar-refractivity contribution >= 4 is 17.7 Å². The van der Waals surface area contributed by atoms with Gasteiger partial charge in [0, 0.05) is 24.2 Å². The highest BCUT2D eigenvalue weighted by Gasteiger charge is 2.29. The van der Waals surface area contributed by atoms with E-state index >= 15 is 0 Å². The monoisotopic (exact) mass is 264 g/mol. The van der Waals surface area contributed by atoms with Crippen molar-refractivity contribution in [3.63, 3.8) is 0 Å².